The third kappa shape index (κ3) is 7.36. The van der Waals surface area contributed by atoms with Crippen molar-refractivity contribution >= 4 is 29.4 Å². The van der Waals surface area contributed by atoms with Crippen molar-refractivity contribution in [3.05, 3.63) is 39.9 Å². The van der Waals surface area contributed by atoms with E-state index in [9.17, 15) is 29.3 Å². The number of hydrogen-bond donors (Lipinski definition) is 2. The number of benzene rings is 1. The summed E-state index contributed by atoms with van der Waals surface area (Å²) >= 11 is 0. The van der Waals surface area contributed by atoms with Crippen LogP contribution in [0.2, 0.25) is 0 Å². The third-order valence-corrected chi connectivity index (χ3v) is 4.61. The Morgan fingerprint density at radius 2 is 1.58 bits per heavy atom. The van der Waals surface area contributed by atoms with Crippen molar-refractivity contribution in [2.45, 2.75) is 45.2 Å². The minimum absolute atomic E-state index is 0.176. The molecule has 0 aliphatic carbocycles. The average Bonchev–Trinajstić information content (AvgIpc) is 2.73. The molecule has 0 fully saturated rings. The minimum Gasteiger partial charge on any atom is -0.469 e. The summed E-state index contributed by atoms with van der Waals surface area (Å²) in [4.78, 5) is 59.2. The normalized spacial score (nSPS) is 13.5. The minimum atomic E-state index is -1.31. The quantitative estimate of drug-likeness (QED) is 0.313. The van der Waals surface area contributed by atoms with Gasteiger partial charge < -0.3 is 20.1 Å². The number of rotatable bonds is 10. The SMILES string of the molecule is COC(=O)C[C@@H](c1ccc([N+](=O)[O-])cc1)[C@@H](NC(=O)[C@H](NC(C)=O)C(C)C)C(=O)OC. The number of nitro groups is 1. The number of nitrogens with zero attached hydrogens (tertiary/aromatic N) is 1. The predicted octanol–water partition coefficient (Wildman–Crippen LogP) is 1.06. The summed E-state index contributed by atoms with van der Waals surface area (Å²) in [5, 5.41) is 16.0. The molecule has 0 aliphatic rings. The maximum atomic E-state index is 12.8. The van der Waals surface area contributed by atoms with E-state index in [0.717, 1.165) is 7.11 Å². The molecule has 2 amide bonds. The van der Waals surface area contributed by atoms with E-state index in [1.54, 1.807) is 13.8 Å². The molecule has 2 N–H and O–H groups in total. The largest absolute Gasteiger partial charge is 0.469 e. The molecule has 1 rings (SSSR count). The Hall–Kier alpha value is -3.50. The number of hydrogen-bond acceptors (Lipinski definition) is 8. The summed E-state index contributed by atoms with van der Waals surface area (Å²) in [6.07, 6.45) is -0.305. The second-order valence-corrected chi connectivity index (χ2v) is 7.17. The molecular weight excluding hydrogens is 410 g/mol. The van der Waals surface area contributed by atoms with E-state index in [1.165, 1.54) is 38.3 Å². The Kier molecular flexibility index (Phi) is 9.58. The molecule has 170 valence electrons. The number of esters is 2. The summed E-state index contributed by atoms with van der Waals surface area (Å²) in [6, 6.07) is 2.99. The topological polar surface area (TPSA) is 154 Å². The highest BCUT2D eigenvalue weighted by atomic mass is 16.6. The van der Waals surface area contributed by atoms with Crippen LogP contribution in [0.25, 0.3) is 0 Å². The first kappa shape index (κ1) is 25.5. The van der Waals surface area contributed by atoms with Gasteiger partial charge in [0.2, 0.25) is 11.8 Å². The van der Waals surface area contributed by atoms with Gasteiger partial charge in [-0.1, -0.05) is 26.0 Å². The highest BCUT2D eigenvalue weighted by Crippen LogP contribution is 2.27. The lowest BCUT2D eigenvalue weighted by atomic mass is 9.87. The molecule has 0 heterocycles. The Bertz CT molecular complexity index is 822. The first-order valence-electron chi connectivity index (χ1n) is 9.48. The zero-order valence-electron chi connectivity index (χ0n) is 18.0. The van der Waals surface area contributed by atoms with Crippen LogP contribution in [0, 0.1) is 16.0 Å². The van der Waals surface area contributed by atoms with Gasteiger partial charge in [-0.2, -0.15) is 0 Å². The Labute approximate surface area is 179 Å². The lowest BCUT2D eigenvalue weighted by Crippen LogP contribution is -2.55. The second-order valence-electron chi connectivity index (χ2n) is 7.17. The molecule has 31 heavy (non-hydrogen) atoms. The van der Waals surface area contributed by atoms with E-state index in [-0.39, 0.29) is 18.0 Å². The van der Waals surface area contributed by atoms with Crippen LogP contribution in [0.15, 0.2) is 24.3 Å². The summed E-state index contributed by atoms with van der Waals surface area (Å²) in [5.74, 6) is -3.78. The van der Waals surface area contributed by atoms with Crippen LogP contribution in [-0.2, 0) is 28.7 Å². The molecule has 0 radical (unpaired) electrons. The molecule has 1 aromatic carbocycles. The Balaban J connectivity index is 3.35. The fourth-order valence-electron chi connectivity index (χ4n) is 2.98. The number of methoxy groups -OCH3 is 2. The van der Waals surface area contributed by atoms with Gasteiger partial charge >= 0.3 is 11.9 Å². The molecule has 11 nitrogen and oxygen atoms in total. The van der Waals surface area contributed by atoms with E-state index in [0.29, 0.717) is 5.56 Å². The number of nitrogens with one attached hydrogen (secondary N) is 2. The van der Waals surface area contributed by atoms with Crippen LogP contribution in [0.3, 0.4) is 0 Å². The average molecular weight is 437 g/mol. The van der Waals surface area contributed by atoms with Crippen LogP contribution < -0.4 is 10.6 Å². The fraction of sp³-hybridized carbons (Fsp3) is 0.500. The van der Waals surface area contributed by atoms with Crippen molar-refractivity contribution in [1.29, 1.82) is 0 Å². The van der Waals surface area contributed by atoms with Crippen molar-refractivity contribution in [3.63, 3.8) is 0 Å². The molecule has 1 aromatic rings. The smallest absolute Gasteiger partial charge is 0.329 e. The Morgan fingerprint density at radius 1 is 1.00 bits per heavy atom. The van der Waals surface area contributed by atoms with Gasteiger partial charge in [0.15, 0.2) is 0 Å². The highest BCUT2D eigenvalue weighted by molar-refractivity contribution is 5.91. The van der Waals surface area contributed by atoms with Gasteiger partial charge in [0, 0.05) is 25.0 Å². The zero-order valence-corrected chi connectivity index (χ0v) is 18.0. The van der Waals surface area contributed by atoms with Crippen molar-refractivity contribution in [2.24, 2.45) is 5.92 Å². The predicted molar refractivity (Wildman–Crippen MR) is 109 cm³/mol. The number of carbonyl (C=O) groups is 4. The van der Waals surface area contributed by atoms with Crippen LogP contribution in [0.1, 0.15) is 38.7 Å². The maximum Gasteiger partial charge on any atom is 0.329 e. The van der Waals surface area contributed by atoms with Crippen LogP contribution in [-0.4, -0.2) is 55.0 Å². The summed E-state index contributed by atoms with van der Waals surface area (Å²) in [6.45, 7) is 4.70. The fourth-order valence-corrected chi connectivity index (χ4v) is 2.98. The third-order valence-electron chi connectivity index (χ3n) is 4.61. The van der Waals surface area contributed by atoms with E-state index in [4.69, 9.17) is 9.47 Å². The van der Waals surface area contributed by atoms with Gasteiger partial charge in [0.1, 0.15) is 12.1 Å². The lowest BCUT2D eigenvalue weighted by molar-refractivity contribution is -0.384. The first-order valence-corrected chi connectivity index (χ1v) is 9.48. The Morgan fingerprint density at radius 3 is 2.00 bits per heavy atom. The van der Waals surface area contributed by atoms with Crippen molar-refractivity contribution in [2.75, 3.05) is 14.2 Å². The molecule has 0 aromatic heterocycles. The van der Waals surface area contributed by atoms with Crippen LogP contribution in [0.4, 0.5) is 5.69 Å². The zero-order chi connectivity index (χ0) is 23.7. The summed E-state index contributed by atoms with van der Waals surface area (Å²) < 4.78 is 9.51. The van der Waals surface area contributed by atoms with E-state index < -0.39 is 46.7 Å². The highest BCUT2D eigenvalue weighted by Gasteiger charge is 2.36. The van der Waals surface area contributed by atoms with E-state index in [2.05, 4.69) is 10.6 Å². The van der Waals surface area contributed by atoms with Gasteiger partial charge in [0.25, 0.3) is 5.69 Å². The van der Waals surface area contributed by atoms with Crippen LogP contribution in [0.5, 0.6) is 0 Å². The molecule has 3 atom stereocenters. The van der Waals surface area contributed by atoms with E-state index in [1.807, 2.05) is 0 Å². The number of nitro benzene ring substituents is 1. The van der Waals surface area contributed by atoms with Gasteiger partial charge in [-0.05, 0) is 11.5 Å². The molecule has 0 spiro atoms. The number of ether oxygens (including phenoxy) is 2. The van der Waals surface area contributed by atoms with Crippen LogP contribution >= 0.6 is 0 Å². The summed E-state index contributed by atoms with van der Waals surface area (Å²) in [5.41, 5.74) is 0.206. The number of amides is 2. The molecular formula is C20H27N3O8. The van der Waals surface area contributed by atoms with Gasteiger partial charge in [0.05, 0.1) is 25.6 Å². The molecule has 0 unspecified atom stereocenters. The van der Waals surface area contributed by atoms with Crippen molar-refractivity contribution < 1.29 is 33.6 Å². The second kappa shape index (κ2) is 11.6. The monoisotopic (exact) mass is 437 g/mol. The standard InChI is InChI=1S/C20H27N3O8/c1-11(2)17(21-12(3)24)19(26)22-18(20(27)31-5)15(10-16(25)30-4)13-6-8-14(9-7-13)23(28)29/h6-9,11,15,17-18H,10H2,1-5H3,(H,21,24)(H,22,26)/t15-,17+,18+/m0/s1. The number of non-ortho nitro benzene ring substituents is 1. The van der Waals surface area contributed by atoms with Crippen molar-refractivity contribution in [1.82, 2.24) is 10.6 Å². The lowest BCUT2D eigenvalue weighted by Gasteiger charge is -2.29. The summed E-state index contributed by atoms with van der Waals surface area (Å²) in [7, 11) is 2.30. The van der Waals surface area contributed by atoms with Gasteiger partial charge in [-0.3, -0.25) is 24.5 Å². The molecule has 0 aliphatic heterocycles. The molecule has 0 saturated heterocycles. The molecule has 11 heteroatoms. The van der Waals surface area contributed by atoms with Gasteiger partial charge in [-0.25, -0.2) is 4.79 Å². The number of carbonyl (C=O) groups excluding carboxylic acids is 4. The van der Waals surface area contributed by atoms with E-state index >= 15 is 0 Å². The first-order chi connectivity index (χ1) is 14.5. The van der Waals surface area contributed by atoms with Gasteiger partial charge in [-0.15, -0.1) is 0 Å². The molecule has 0 saturated carbocycles. The van der Waals surface area contributed by atoms with Crippen molar-refractivity contribution in [3.8, 4) is 0 Å². The molecule has 0 bridgehead atoms. The maximum absolute atomic E-state index is 12.8.